The Morgan fingerprint density at radius 1 is 1.60 bits per heavy atom. The van der Waals surface area contributed by atoms with Crippen molar-refractivity contribution in [2.45, 2.75) is 45.6 Å². The normalized spacial score (nSPS) is 28.3. The maximum atomic E-state index is 11.6. The third kappa shape index (κ3) is 1.99. The number of rotatable bonds is 2. The molecule has 82 valence electrons. The first-order valence-electron chi connectivity index (χ1n) is 5.89. The first-order chi connectivity index (χ1) is 7.22. The van der Waals surface area contributed by atoms with E-state index in [2.05, 4.69) is 26.0 Å². The van der Waals surface area contributed by atoms with E-state index in [1.807, 2.05) is 4.90 Å². The summed E-state index contributed by atoms with van der Waals surface area (Å²) in [7, 11) is 0. The molecule has 0 spiro atoms. The highest BCUT2D eigenvalue weighted by Crippen LogP contribution is 2.30. The minimum atomic E-state index is 0.329. The van der Waals surface area contributed by atoms with E-state index in [1.54, 1.807) is 0 Å². The Morgan fingerprint density at radius 3 is 3.13 bits per heavy atom. The number of hydrogen-bond acceptors (Lipinski definition) is 1. The van der Waals surface area contributed by atoms with Gasteiger partial charge in [0.1, 0.15) is 0 Å². The first-order valence-corrected chi connectivity index (χ1v) is 5.89. The molecule has 0 bridgehead atoms. The fourth-order valence-corrected chi connectivity index (χ4v) is 2.49. The van der Waals surface area contributed by atoms with Gasteiger partial charge in [0.05, 0.1) is 6.04 Å². The second-order valence-electron chi connectivity index (χ2n) is 4.53. The molecule has 2 rings (SSSR count). The lowest BCUT2D eigenvalue weighted by atomic mass is 9.98. The average Bonchev–Trinajstić information content (AvgIpc) is 2.58. The Kier molecular flexibility index (Phi) is 2.94. The molecule has 0 aromatic heterocycles. The maximum Gasteiger partial charge on any atom is 0.223 e. The predicted octanol–water partition coefficient (Wildman–Crippen LogP) is 2.66. The van der Waals surface area contributed by atoms with Gasteiger partial charge in [0.15, 0.2) is 0 Å². The Hall–Kier alpha value is -1.05. The van der Waals surface area contributed by atoms with Crippen molar-refractivity contribution in [1.29, 1.82) is 0 Å². The van der Waals surface area contributed by atoms with Crippen LogP contribution in [0.15, 0.2) is 23.3 Å². The summed E-state index contributed by atoms with van der Waals surface area (Å²) < 4.78 is 0. The van der Waals surface area contributed by atoms with E-state index < -0.39 is 0 Å². The van der Waals surface area contributed by atoms with Gasteiger partial charge >= 0.3 is 0 Å². The zero-order chi connectivity index (χ0) is 10.8. The van der Waals surface area contributed by atoms with Crippen LogP contribution in [0.4, 0.5) is 0 Å². The van der Waals surface area contributed by atoms with Crippen molar-refractivity contribution in [1.82, 2.24) is 4.90 Å². The highest BCUT2D eigenvalue weighted by molar-refractivity contribution is 5.80. The Morgan fingerprint density at radius 2 is 2.40 bits per heavy atom. The smallest absolute Gasteiger partial charge is 0.223 e. The number of carbonyl (C=O) groups is 1. The minimum Gasteiger partial charge on any atom is -0.332 e. The lowest BCUT2D eigenvalue weighted by Crippen LogP contribution is -2.37. The summed E-state index contributed by atoms with van der Waals surface area (Å²) >= 11 is 0. The molecule has 1 atom stereocenters. The maximum absolute atomic E-state index is 11.6. The van der Waals surface area contributed by atoms with E-state index in [4.69, 9.17) is 0 Å². The van der Waals surface area contributed by atoms with E-state index in [0.29, 0.717) is 11.9 Å². The fourth-order valence-electron chi connectivity index (χ4n) is 2.49. The molecule has 15 heavy (non-hydrogen) atoms. The lowest BCUT2D eigenvalue weighted by molar-refractivity contribution is -0.128. The van der Waals surface area contributed by atoms with Gasteiger partial charge < -0.3 is 4.90 Å². The van der Waals surface area contributed by atoms with Gasteiger partial charge in [0, 0.05) is 13.0 Å². The summed E-state index contributed by atoms with van der Waals surface area (Å²) in [5, 5.41) is 0. The van der Waals surface area contributed by atoms with Crippen LogP contribution in [0.3, 0.4) is 0 Å². The van der Waals surface area contributed by atoms with Crippen LogP contribution in [0.25, 0.3) is 0 Å². The molecule has 0 saturated carbocycles. The quantitative estimate of drug-likeness (QED) is 0.678. The molecule has 2 aliphatic rings. The molecular weight excluding hydrogens is 186 g/mol. The summed E-state index contributed by atoms with van der Waals surface area (Å²) in [6, 6.07) is 0.399. The van der Waals surface area contributed by atoms with E-state index in [1.165, 1.54) is 17.6 Å². The van der Waals surface area contributed by atoms with Crippen LogP contribution < -0.4 is 0 Å². The third-order valence-electron chi connectivity index (χ3n) is 3.32. The predicted molar refractivity (Wildman–Crippen MR) is 61.5 cm³/mol. The number of amides is 1. The first kappa shape index (κ1) is 10.5. The summed E-state index contributed by atoms with van der Waals surface area (Å²) in [6.07, 6.45) is 8.58. The Balaban J connectivity index is 2.18. The second-order valence-corrected chi connectivity index (χ2v) is 4.53. The molecule has 0 radical (unpaired) electrons. The standard InChI is InChI=1S/C13H19NO/c1-3-4-5-11-8-10(2)12-6-7-13(15)14(12)9-11/h5,8,12H,3-4,6-7,9H2,1-2H3/b11-5-/t12-/m0/s1. The van der Waals surface area contributed by atoms with Crippen LogP contribution in [-0.2, 0) is 4.79 Å². The number of unbranched alkanes of at least 4 members (excludes halogenated alkanes) is 1. The van der Waals surface area contributed by atoms with Gasteiger partial charge in [-0.1, -0.05) is 31.1 Å². The van der Waals surface area contributed by atoms with Crippen LogP contribution >= 0.6 is 0 Å². The van der Waals surface area contributed by atoms with Crippen molar-refractivity contribution in [2.24, 2.45) is 0 Å². The zero-order valence-electron chi connectivity index (χ0n) is 9.62. The molecule has 2 heterocycles. The van der Waals surface area contributed by atoms with Crippen molar-refractivity contribution in [2.75, 3.05) is 6.54 Å². The van der Waals surface area contributed by atoms with E-state index in [-0.39, 0.29) is 0 Å². The molecule has 2 aliphatic heterocycles. The van der Waals surface area contributed by atoms with Gasteiger partial charge in [-0.25, -0.2) is 0 Å². The van der Waals surface area contributed by atoms with E-state index in [0.717, 1.165) is 25.8 Å². The van der Waals surface area contributed by atoms with Crippen molar-refractivity contribution in [3.63, 3.8) is 0 Å². The summed E-state index contributed by atoms with van der Waals surface area (Å²) in [6.45, 7) is 5.16. The lowest BCUT2D eigenvalue weighted by Gasteiger charge is -2.30. The van der Waals surface area contributed by atoms with Gasteiger partial charge in [0.25, 0.3) is 0 Å². The topological polar surface area (TPSA) is 20.3 Å². The molecule has 0 aromatic rings. The fraction of sp³-hybridized carbons (Fsp3) is 0.615. The molecule has 2 heteroatoms. The summed E-state index contributed by atoms with van der Waals surface area (Å²) in [5.74, 6) is 0.329. The molecule has 2 nitrogen and oxygen atoms in total. The minimum absolute atomic E-state index is 0.329. The number of hydrogen-bond donors (Lipinski definition) is 0. The molecule has 1 saturated heterocycles. The zero-order valence-corrected chi connectivity index (χ0v) is 9.62. The molecule has 1 amide bonds. The Bertz CT molecular complexity index is 327. The molecule has 0 N–H and O–H groups in total. The number of allylic oxidation sites excluding steroid dienone is 1. The van der Waals surface area contributed by atoms with Gasteiger partial charge in [-0.2, -0.15) is 0 Å². The SMILES string of the molecule is CCC/C=C1/C=C(C)[C@@H]2CCC(=O)N2C1. The van der Waals surface area contributed by atoms with E-state index >= 15 is 0 Å². The highest BCUT2D eigenvalue weighted by atomic mass is 16.2. The number of fused-ring (bicyclic) bond motifs is 1. The van der Waals surface area contributed by atoms with Crippen LogP contribution in [-0.4, -0.2) is 23.4 Å². The third-order valence-corrected chi connectivity index (χ3v) is 3.32. The van der Waals surface area contributed by atoms with E-state index in [9.17, 15) is 4.79 Å². The van der Waals surface area contributed by atoms with Gasteiger partial charge in [-0.15, -0.1) is 0 Å². The molecular formula is C13H19NO. The van der Waals surface area contributed by atoms with Crippen molar-refractivity contribution in [3.05, 3.63) is 23.3 Å². The van der Waals surface area contributed by atoms with Gasteiger partial charge in [-0.3, -0.25) is 4.79 Å². The molecule has 0 aromatic carbocycles. The van der Waals surface area contributed by atoms with Gasteiger partial charge in [0.2, 0.25) is 5.91 Å². The highest BCUT2D eigenvalue weighted by Gasteiger charge is 2.34. The summed E-state index contributed by atoms with van der Waals surface area (Å²) in [4.78, 5) is 13.7. The molecule has 0 unspecified atom stereocenters. The van der Waals surface area contributed by atoms with Crippen LogP contribution in [0.5, 0.6) is 0 Å². The van der Waals surface area contributed by atoms with Crippen molar-refractivity contribution >= 4 is 5.91 Å². The molecule has 1 fully saturated rings. The largest absolute Gasteiger partial charge is 0.332 e. The Labute approximate surface area is 91.6 Å². The number of nitrogens with zero attached hydrogens (tertiary/aromatic N) is 1. The van der Waals surface area contributed by atoms with Crippen LogP contribution in [0.1, 0.15) is 39.5 Å². The molecule has 0 aliphatic carbocycles. The van der Waals surface area contributed by atoms with Crippen LogP contribution in [0, 0.1) is 0 Å². The number of carbonyl (C=O) groups excluding carboxylic acids is 1. The van der Waals surface area contributed by atoms with Crippen LogP contribution in [0.2, 0.25) is 0 Å². The summed E-state index contributed by atoms with van der Waals surface area (Å²) in [5.41, 5.74) is 2.68. The van der Waals surface area contributed by atoms with Gasteiger partial charge in [-0.05, 0) is 25.3 Å². The monoisotopic (exact) mass is 205 g/mol. The second kappa shape index (κ2) is 4.21. The van der Waals surface area contributed by atoms with Crippen molar-refractivity contribution in [3.8, 4) is 0 Å². The van der Waals surface area contributed by atoms with Crippen molar-refractivity contribution < 1.29 is 4.79 Å². The average molecular weight is 205 g/mol.